The Hall–Kier alpha value is -2.97. The van der Waals surface area contributed by atoms with E-state index in [9.17, 15) is 9.59 Å². The maximum atomic E-state index is 13.4. The van der Waals surface area contributed by atoms with Gasteiger partial charge in [-0.1, -0.05) is 60.4 Å². The summed E-state index contributed by atoms with van der Waals surface area (Å²) in [5.74, 6) is 0.472. The second kappa shape index (κ2) is 8.88. The summed E-state index contributed by atoms with van der Waals surface area (Å²) in [5.41, 5.74) is 1.87. The van der Waals surface area contributed by atoms with E-state index < -0.39 is 0 Å². The number of piperidine rings is 1. The molecule has 2 aromatic heterocycles. The van der Waals surface area contributed by atoms with Gasteiger partial charge < -0.3 is 4.90 Å². The number of carbonyl (C=O) groups is 1. The zero-order valence-electron chi connectivity index (χ0n) is 17.4. The standard InChI is InChI=1S/C24H22N4O2S2/c29-22-18(15-19-23(30)28(24(31)32-19)16-17-9-3-1-4-10-17)21(26-12-6-2-7-13-26)25-20-11-5-8-14-27(20)22/h1,3-5,8-11,14-15H,2,6-7,12-13,16H2. The minimum Gasteiger partial charge on any atom is -0.356 e. The molecule has 0 N–H and O–H groups in total. The molecule has 3 aromatic rings. The van der Waals surface area contributed by atoms with Gasteiger partial charge in [0.25, 0.3) is 11.5 Å². The van der Waals surface area contributed by atoms with E-state index >= 15 is 0 Å². The third kappa shape index (κ3) is 3.96. The fourth-order valence-electron chi connectivity index (χ4n) is 4.10. The van der Waals surface area contributed by atoms with Crippen LogP contribution in [0.3, 0.4) is 0 Å². The van der Waals surface area contributed by atoms with Gasteiger partial charge in [0.15, 0.2) is 0 Å². The monoisotopic (exact) mass is 462 g/mol. The minimum atomic E-state index is -0.176. The van der Waals surface area contributed by atoms with Crippen LogP contribution in [-0.4, -0.2) is 37.6 Å². The maximum absolute atomic E-state index is 13.4. The summed E-state index contributed by atoms with van der Waals surface area (Å²) in [5, 5.41) is 0. The predicted octanol–water partition coefficient (Wildman–Crippen LogP) is 4.09. The van der Waals surface area contributed by atoms with E-state index in [1.165, 1.54) is 22.6 Å². The average Bonchev–Trinajstić information content (AvgIpc) is 3.09. The lowest BCUT2D eigenvalue weighted by Crippen LogP contribution is -2.33. The summed E-state index contributed by atoms with van der Waals surface area (Å²) in [6.45, 7) is 2.12. The van der Waals surface area contributed by atoms with Crippen molar-refractivity contribution < 1.29 is 4.79 Å². The number of fused-ring (bicyclic) bond motifs is 1. The van der Waals surface area contributed by atoms with Gasteiger partial charge in [0, 0.05) is 19.3 Å². The molecule has 0 saturated carbocycles. The molecule has 0 spiro atoms. The number of aromatic nitrogens is 2. The van der Waals surface area contributed by atoms with Crippen molar-refractivity contribution in [3.63, 3.8) is 0 Å². The highest BCUT2D eigenvalue weighted by Gasteiger charge is 2.33. The Morgan fingerprint density at radius 1 is 1.00 bits per heavy atom. The first-order chi connectivity index (χ1) is 15.6. The zero-order chi connectivity index (χ0) is 22.1. The van der Waals surface area contributed by atoms with Crippen LogP contribution in [0.2, 0.25) is 0 Å². The lowest BCUT2D eigenvalue weighted by Gasteiger charge is -2.29. The average molecular weight is 463 g/mol. The first-order valence-corrected chi connectivity index (χ1v) is 11.9. The molecule has 2 aliphatic rings. The lowest BCUT2D eigenvalue weighted by atomic mass is 10.1. The van der Waals surface area contributed by atoms with Gasteiger partial charge in [-0.25, -0.2) is 4.98 Å². The van der Waals surface area contributed by atoms with Crippen molar-refractivity contribution in [2.24, 2.45) is 0 Å². The third-order valence-corrected chi connectivity index (χ3v) is 7.11. The molecule has 1 amide bonds. The second-order valence-electron chi connectivity index (χ2n) is 7.88. The molecular weight excluding hydrogens is 440 g/mol. The van der Waals surface area contributed by atoms with Gasteiger partial charge in [0.2, 0.25) is 0 Å². The topological polar surface area (TPSA) is 57.9 Å². The van der Waals surface area contributed by atoms with Crippen molar-refractivity contribution >= 4 is 51.7 Å². The van der Waals surface area contributed by atoms with Crippen LogP contribution in [0.15, 0.2) is 64.4 Å². The molecule has 0 aliphatic carbocycles. The second-order valence-corrected chi connectivity index (χ2v) is 9.56. The van der Waals surface area contributed by atoms with Gasteiger partial charge >= 0.3 is 0 Å². The summed E-state index contributed by atoms with van der Waals surface area (Å²) >= 11 is 6.74. The number of carbonyl (C=O) groups excluding carboxylic acids is 1. The third-order valence-electron chi connectivity index (χ3n) is 5.74. The van der Waals surface area contributed by atoms with Gasteiger partial charge in [-0.15, -0.1) is 0 Å². The molecule has 0 bridgehead atoms. The zero-order valence-corrected chi connectivity index (χ0v) is 19.1. The molecule has 2 saturated heterocycles. The maximum Gasteiger partial charge on any atom is 0.267 e. The van der Waals surface area contributed by atoms with Crippen LogP contribution in [0.4, 0.5) is 5.82 Å². The summed E-state index contributed by atoms with van der Waals surface area (Å²) < 4.78 is 2.03. The smallest absolute Gasteiger partial charge is 0.267 e. The van der Waals surface area contributed by atoms with E-state index in [4.69, 9.17) is 17.2 Å². The number of hydrogen-bond donors (Lipinski definition) is 0. The first kappa shape index (κ1) is 20.9. The molecule has 1 aromatic carbocycles. The molecule has 4 heterocycles. The number of thioether (sulfide) groups is 1. The molecule has 8 heteroatoms. The predicted molar refractivity (Wildman–Crippen MR) is 133 cm³/mol. The Balaban J connectivity index is 1.56. The molecule has 0 radical (unpaired) electrons. The van der Waals surface area contributed by atoms with Crippen LogP contribution in [0.1, 0.15) is 30.4 Å². The van der Waals surface area contributed by atoms with Gasteiger partial charge in [0.05, 0.1) is 17.0 Å². The summed E-state index contributed by atoms with van der Waals surface area (Å²) in [4.78, 5) is 35.6. The van der Waals surface area contributed by atoms with E-state index in [1.54, 1.807) is 23.2 Å². The van der Waals surface area contributed by atoms with Crippen LogP contribution in [-0.2, 0) is 11.3 Å². The van der Waals surface area contributed by atoms with Crippen molar-refractivity contribution in [3.8, 4) is 0 Å². The summed E-state index contributed by atoms with van der Waals surface area (Å²) in [6, 6.07) is 15.3. The number of rotatable bonds is 4. The molecule has 32 heavy (non-hydrogen) atoms. The fraction of sp³-hybridized carbons (Fsp3) is 0.250. The molecule has 162 valence electrons. The van der Waals surface area contributed by atoms with Crippen molar-refractivity contribution in [1.82, 2.24) is 14.3 Å². The minimum absolute atomic E-state index is 0.175. The highest BCUT2D eigenvalue weighted by Crippen LogP contribution is 2.34. The molecule has 6 nitrogen and oxygen atoms in total. The Bertz CT molecular complexity index is 1280. The number of pyridine rings is 1. The fourth-order valence-corrected chi connectivity index (χ4v) is 5.33. The number of thiocarbonyl (C=S) groups is 1. The summed E-state index contributed by atoms with van der Waals surface area (Å²) in [6.07, 6.45) is 6.70. The van der Waals surface area contributed by atoms with Gasteiger partial charge in [0.1, 0.15) is 15.8 Å². The van der Waals surface area contributed by atoms with Gasteiger partial charge in [-0.05, 0) is 43.0 Å². The highest BCUT2D eigenvalue weighted by atomic mass is 32.2. The van der Waals surface area contributed by atoms with Crippen molar-refractivity contribution in [2.45, 2.75) is 25.8 Å². The quantitative estimate of drug-likeness (QED) is 0.430. The molecule has 2 fully saturated rings. The first-order valence-electron chi connectivity index (χ1n) is 10.7. The number of benzene rings is 1. The Morgan fingerprint density at radius 3 is 2.53 bits per heavy atom. The van der Waals surface area contributed by atoms with Crippen LogP contribution < -0.4 is 10.5 Å². The van der Waals surface area contributed by atoms with Crippen molar-refractivity contribution in [3.05, 3.63) is 81.1 Å². The molecular formula is C24H22N4O2S2. The van der Waals surface area contributed by atoms with Crippen molar-refractivity contribution in [2.75, 3.05) is 18.0 Å². The highest BCUT2D eigenvalue weighted by molar-refractivity contribution is 8.26. The van der Waals surface area contributed by atoms with E-state index in [2.05, 4.69) is 4.90 Å². The van der Waals surface area contributed by atoms with Gasteiger partial charge in [-0.3, -0.25) is 18.9 Å². The van der Waals surface area contributed by atoms with Crippen LogP contribution in [0.25, 0.3) is 11.7 Å². The van der Waals surface area contributed by atoms with E-state index in [0.717, 1.165) is 31.5 Å². The summed E-state index contributed by atoms with van der Waals surface area (Å²) in [7, 11) is 0. The Kier molecular flexibility index (Phi) is 5.80. The number of nitrogens with zero attached hydrogens (tertiary/aromatic N) is 4. The molecule has 5 rings (SSSR count). The molecule has 0 atom stereocenters. The van der Waals surface area contributed by atoms with Crippen LogP contribution in [0, 0.1) is 0 Å². The number of anilines is 1. The Labute approximate surface area is 195 Å². The molecule has 0 unspecified atom stereocenters. The molecule has 2 aliphatic heterocycles. The SMILES string of the molecule is O=C1C(=Cc2c(N3CCCCC3)nc3ccccn3c2=O)SC(=S)N1Cc1ccccc1. The normalized spacial score (nSPS) is 18.2. The van der Waals surface area contributed by atoms with Gasteiger partial charge in [-0.2, -0.15) is 0 Å². The lowest BCUT2D eigenvalue weighted by molar-refractivity contribution is -0.122. The van der Waals surface area contributed by atoms with Crippen molar-refractivity contribution in [1.29, 1.82) is 0 Å². The Morgan fingerprint density at radius 2 is 1.75 bits per heavy atom. The number of amides is 1. The number of hydrogen-bond acceptors (Lipinski definition) is 6. The largest absolute Gasteiger partial charge is 0.356 e. The van der Waals surface area contributed by atoms with Crippen LogP contribution >= 0.6 is 24.0 Å². The van der Waals surface area contributed by atoms with E-state index in [-0.39, 0.29) is 11.5 Å². The van der Waals surface area contributed by atoms with E-state index in [0.29, 0.717) is 32.8 Å². The van der Waals surface area contributed by atoms with Crippen LogP contribution in [0.5, 0.6) is 0 Å². The van der Waals surface area contributed by atoms with E-state index in [1.807, 2.05) is 42.5 Å².